The summed E-state index contributed by atoms with van der Waals surface area (Å²) in [5.41, 5.74) is 1.42. The molecule has 1 aliphatic rings. The predicted molar refractivity (Wildman–Crippen MR) is 81.1 cm³/mol. The zero-order valence-corrected chi connectivity index (χ0v) is 12.5. The molecule has 0 bridgehead atoms. The number of hydrogen-bond donors (Lipinski definition) is 1. The number of aliphatic hydroxyl groups is 1. The number of pyridine rings is 2. The summed E-state index contributed by atoms with van der Waals surface area (Å²) in [4.78, 5) is 18.7. The first kappa shape index (κ1) is 13.9. The molecule has 6 heteroatoms. The molecular weight excluding hydrogens is 270 g/mol. The second kappa shape index (κ2) is 5.04. The van der Waals surface area contributed by atoms with E-state index in [-0.39, 0.29) is 11.7 Å². The molecular formula is C15H19N3O3. The maximum Gasteiger partial charge on any atom is 0.253 e. The van der Waals surface area contributed by atoms with Crippen molar-refractivity contribution in [2.24, 2.45) is 7.05 Å². The molecule has 1 atom stereocenters. The van der Waals surface area contributed by atoms with Crippen molar-refractivity contribution in [2.75, 3.05) is 25.1 Å². The first-order valence-electron chi connectivity index (χ1n) is 6.99. The molecule has 1 fully saturated rings. The van der Waals surface area contributed by atoms with Crippen molar-refractivity contribution in [2.45, 2.75) is 19.4 Å². The Labute approximate surface area is 122 Å². The molecule has 1 aliphatic heterocycles. The SMILES string of the molecule is COc1nc(N2CC[C@H](O)C2)cc2c1cc(C)c(=O)n2C. The lowest BCUT2D eigenvalue weighted by Gasteiger charge is -2.19. The number of fused-ring (bicyclic) bond motifs is 1. The van der Waals surface area contributed by atoms with Crippen LogP contribution < -0.4 is 15.2 Å². The quantitative estimate of drug-likeness (QED) is 0.886. The topological polar surface area (TPSA) is 67.6 Å². The number of ether oxygens (including phenoxy) is 1. The van der Waals surface area contributed by atoms with E-state index in [1.54, 1.807) is 25.6 Å². The highest BCUT2D eigenvalue weighted by atomic mass is 16.5. The number of β-amino-alcohol motifs (C(OH)–C–C–N with tert-alkyl or cyclic N) is 1. The molecule has 21 heavy (non-hydrogen) atoms. The third kappa shape index (κ3) is 2.25. The van der Waals surface area contributed by atoms with Gasteiger partial charge in [-0.25, -0.2) is 0 Å². The van der Waals surface area contributed by atoms with Gasteiger partial charge in [-0.2, -0.15) is 4.98 Å². The lowest BCUT2D eigenvalue weighted by atomic mass is 10.2. The number of aromatic nitrogens is 2. The molecule has 0 spiro atoms. The van der Waals surface area contributed by atoms with Gasteiger partial charge in [0.1, 0.15) is 5.82 Å². The molecule has 0 unspecified atom stereocenters. The Kier molecular flexibility index (Phi) is 3.33. The first-order chi connectivity index (χ1) is 10.0. The second-order valence-electron chi connectivity index (χ2n) is 5.50. The molecule has 2 aromatic heterocycles. The van der Waals surface area contributed by atoms with E-state index < -0.39 is 0 Å². The van der Waals surface area contributed by atoms with Crippen LogP contribution in [0.15, 0.2) is 16.9 Å². The lowest BCUT2D eigenvalue weighted by Crippen LogP contribution is -2.24. The zero-order chi connectivity index (χ0) is 15.1. The van der Waals surface area contributed by atoms with Gasteiger partial charge < -0.3 is 19.3 Å². The van der Waals surface area contributed by atoms with Crippen molar-refractivity contribution < 1.29 is 9.84 Å². The molecule has 1 N–H and O–H groups in total. The van der Waals surface area contributed by atoms with Crippen LogP contribution in [0.2, 0.25) is 0 Å². The van der Waals surface area contributed by atoms with E-state index in [9.17, 15) is 9.90 Å². The number of aliphatic hydroxyl groups excluding tert-OH is 1. The maximum atomic E-state index is 12.1. The minimum atomic E-state index is -0.324. The lowest BCUT2D eigenvalue weighted by molar-refractivity contribution is 0.198. The molecule has 3 heterocycles. The average Bonchev–Trinajstić information content (AvgIpc) is 2.91. The molecule has 2 aromatic rings. The number of aryl methyl sites for hydroxylation is 2. The second-order valence-corrected chi connectivity index (χ2v) is 5.50. The van der Waals surface area contributed by atoms with Crippen LogP contribution in [0, 0.1) is 6.92 Å². The van der Waals surface area contributed by atoms with Gasteiger partial charge in [-0.05, 0) is 19.4 Å². The van der Waals surface area contributed by atoms with Crippen LogP contribution in [0.1, 0.15) is 12.0 Å². The van der Waals surface area contributed by atoms with Crippen molar-refractivity contribution in [1.29, 1.82) is 0 Å². The van der Waals surface area contributed by atoms with Gasteiger partial charge in [-0.15, -0.1) is 0 Å². The van der Waals surface area contributed by atoms with Crippen molar-refractivity contribution >= 4 is 16.7 Å². The number of nitrogens with zero attached hydrogens (tertiary/aromatic N) is 3. The number of rotatable bonds is 2. The smallest absolute Gasteiger partial charge is 0.253 e. The highest BCUT2D eigenvalue weighted by Crippen LogP contribution is 2.29. The van der Waals surface area contributed by atoms with Gasteiger partial charge in [-0.1, -0.05) is 0 Å². The van der Waals surface area contributed by atoms with Crippen LogP contribution in [-0.2, 0) is 7.05 Å². The molecule has 112 valence electrons. The highest BCUT2D eigenvalue weighted by Gasteiger charge is 2.23. The Balaban J connectivity index is 2.23. The van der Waals surface area contributed by atoms with Gasteiger partial charge in [-0.3, -0.25) is 4.79 Å². The number of hydrogen-bond acceptors (Lipinski definition) is 5. The summed E-state index contributed by atoms with van der Waals surface area (Å²) in [6.45, 7) is 3.09. The van der Waals surface area contributed by atoms with Crippen LogP contribution in [0.25, 0.3) is 10.9 Å². The minimum Gasteiger partial charge on any atom is -0.480 e. The van der Waals surface area contributed by atoms with Gasteiger partial charge in [0.15, 0.2) is 0 Å². The highest BCUT2D eigenvalue weighted by molar-refractivity contribution is 5.87. The Hall–Kier alpha value is -2.08. The molecule has 3 rings (SSSR count). The molecule has 0 saturated carbocycles. The van der Waals surface area contributed by atoms with E-state index in [0.717, 1.165) is 29.7 Å². The van der Waals surface area contributed by atoms with Crippen LogP contribution in [0.4, 0.5) is 5.82 Å². The van der Waals surface area contributed by atoms with Crippen molar-refractivity contribution in [3.63, 3.8) is 0 Å². The third-order valence-electron chi connectivity index (χ3n) is 4.03. The summed E-state index contributed by atoms with van der Waals surface area (Å²) in [6, 6.07) is 3.70. The maximum absolute atomic E-state index is 12.1. The molecule has 0 radical (unpaired) electrons. The van der Waals surface area contributed by atoms with Crippen LogP contribution in [0.5, 0.6) is 5.88 Å². The molecule has 0 amide bonds. The summed E-state index contributed by atoms with van der Waals surface area (Å²) in [7, 11) is 3.32. The Morgan fingerprint density at radius 2 is 2.19 bits per heavy atom. The van der Waals surface area contributed by atoms with Gasteiger partial charge in [0.05, 0.1) is 24.1 Å². The Bertz CT molecular complexity index is 754. The summed E-state index contributed by atoms with van der Waals surface area (Å²) in [5.74, 6) is 1.23. The minimum absolute atomic E-state index is 0.0249. The zero-order valence-electron chi connectivity index (χ0n) is 12.5. The van der Waals surface area contributed by atoms with Gasteiger partial charge in [0.25, 0.3) is 5.56 Å². The summed E-state index contributed by atoms with van der Waals surface area (Å²) in [5, 5.41) is 10.5. The predicted octanol–water partition coefficient (Wildman–Crippen LogP) is 0.822. The van der Waals surface area contributed by atoms with Crippen LogP contribution in [0.3, 0.4) is 0 Å². The number of methoxy groups -OCH3 is 1. The fraction of sp³-hybridized carbons (Fsp3) is 0.467. The van der Waals surface area contributed by atoms with E-state index in [1.165, 1.54) is 0 Å². The fourth-order valence-corrected chi connectivity index (χ4v) is 2.84. The van der Waals surface area contributed by atoms with Gasteiger partial charge in [0, 0.05) is 31.8 Å². The Morgan fingerprint density at radius 3 is 2.81 bits per heavy atom. The van der Waals surface area contributed by atoms with E-state index in [1.807, 2.05) is 17.0 Å². The van der Waals surface area contributed by atoms with Crippen LogP contribution >= 0.6 is 0 Å². The number of anilines is 1. The van der Waals surface area contributed by atoms with Crippen molar-refractivity contribution in [1.82, 2.24) is 9.55 Å². The molecule has 1 saturated heterocycles. The molecule has 0 aliphatic carbocycles. The van der Waals surface area contributed by atoms with E-state index in [0.29, 0.717) is 18.0 Å². The van der Waals surface area contributed by atoms with Crippen molar-refractivity contribution in [3.8, 4) is 5.88 Å². The summed E-state index contributed by atoms with van der Waals surface area (Å²) >= 11 is 0. The van der Waals surface area contributed by atoms with Gasteiger partial charge >= 0.3 is 0 Å². The monoisotopic (exact) mass is 289 g/mol. The molecule has 0 aromatic carbocycles. The summed E-state index contributed by atoms with van der Waals surface area (Å²) < 4.78 is 7.00. The van der Waals surface area contributed by atoms with E-state index >= 15 is 0 Å². The fourth-order valence-electron chi connectivity index (χ4n) is 2.84. The summed E-state index contributed by atoms with van der Waals surface area (Å²) in [6.07, 6.45) is 0.407. The van der Waals surface area contributed by atoms with E-state index in [4.69, 9.17) is 4.74 Å². The van der Waals surface area contributed by atoms with Crippen LogP contribution in [-0.4, -0.2) is 41.0 Å². The average molecular weight is 289 g/mol. The largest absolute Gasteiger partial charge is 0.480 e. The van der Waals surface area contributed by atoms with Gasteiger partial charge in [0.2, 0.25) is 5.88 Å². The first-order valence-corrected chi connectivity index (χ1v) is 6.99. The Morgan fingerprint density at radius 1 is 1.43 bits per heavy atom. The van der Waals surface area contributed by atoms with E-state index in [2.05, 4.69) is 4.98 Å². The molecule has 6 nitrogen and oxygen atoms in total. The third-order valence-corrected chi connectivity index (χ3v) is 4.03. The normalized spacial score (nSPS) is 18.5. The van der Waals surface area contributed by atoms with Crippen molar-refractivity contribution in [3.05, 3.63) is 28.0 Å². The standard InChI is InChI=1S/C15H19N3O3/c1-9-6-11-12(17(2)15(9)20)7-13(16-14(11)21-3)18-5-4-10(19)8-18/h6-7,10,19H,4-5,8H2,1-3H3/t10-/m0/s1.